The molecule has 0 unspecified atom stereocenters. The van der Waals surface area contributed by atoms with E-state index in [0.717, 1.165) is 37.7 Å². The van der Waals surface area contributed by atoms with Gasteiger partial charge in [0.2, 0.25) is 0 Å². The molecule has 1 aromatic rings. The Kier molecular flexibility index (Phi) is 2.70. The van der Waals surface area contributed by atoms with Crippen LogP contribution < -0.4 is 16.0 Å². The minimum absolute atomic E-state index is 0.396. The molecule has 0 aliphatic carbocycles. The van der Waals surface area contributed by atoms with Crippen molar-refractivity contribution in [3.8, 4) is 0 Å². The summed E-state index contributed by atoms with van der Waals surface area (Å²) < 4.78 is 0. The molecule has 5 nitrogen and oxygen atoms in total. The van der Waals surface area contributed by atoms with Crippen LogP contribution in [0.4, 0.5) is 5.82 Å². The van der Waals surface area contributed by atoms with Crippen LogP contribution in [0.3, 0.4) is 0 Å². The Morgan fingerprint density at radius 3 is 2.67 bits per heavy atom. The highest BCUT2D eigenvalue weighted by Crippen LogP contribution is 2.31. The predicted molar refractivity (Wildman–Crippen MR) is 69.6 cm³/mol. The van der Waals surface area contributed by atoms with E-state index in [0.29, 0.717) is 17.4 Å². The lowest BCUT2D eigenvalue weighted by atomic mass is 10.0. The molecule has 1 amide bonds. The quantitative estimate of drug-likeness (QED) is 0.779. The molecule has 0 aromatic carbocycles. The lowest BCUT2D eigenvalue weighted by Crippen LogP contribution is -2.29. The van der Waals surface area contributed by atoms with Gasteiger partial charge in [-0.1, -0.05) is 0 Å². The van der Waals surface area contributed by atoms with Crippen molar-refractivity contribution < 1.29 is 4.79 Å². The zero-order chi connectivity index (χ0) is 12.7. The van der Waals surface area contributed by atoms with Crippen molar-refractivity contribution in [1.82, 2.24) is 10.3 Å². The molecule has 2 aliphatic heterocycles. The van der Waals surface area contributed by atoms with Gasteiger partial charge < -0.3 is 16.0 Å². The van der Waals surface area contributed by atoms with Gasteiger partial charge in [-0.25, -0.2) is 4.98 Å². The number of carbonyl (C=O) groups excluding carboxylic acids is 1. The first kappa shape index (κ1) is 11.5. The van der Waals surface area contributed by atoms with Gasteiger partial charge in [0, 0.05) is 31.9 Å². The van der Waals surface area contributed by atoms with Crippen LogP contribution in [0.25, 0.3) is 0 Å². The number of rotatable bonds is 2. The Morgan fingerprint density at radius 1 is 1.39 bits per heavy atom. The lowest BCUT2D eigenvalue weighted by Gasteiger charge is -2.21. The molecule has 3 rings (SSSR count). The topological polar surface area (TPSA) is 71.2 Å². The van der Waals surface area contributed by atoms with Crippen LogP contribution in [0.2, 0.25) is 0 Å². The van der Waals surface area contributed by atoms with E-state index in [2.05, 4.69) is 15.2 Å². The van der Waals surface area contributed by atoms with Gasteiger partial charge in [-0.05, 0) is 30.9 Å². The number of fused-ring (bicyclic) bond motifs is 1. The monoisotopic (exact) mass is 246 g/mol. The van der Waals surface area contributed by atoms with Crippen molar-refractivity contribution in [2.24, 2.45) is 17.6 Å². The Hall–Kier alpha value is -1.62. The van der Waals surface area contributed by atoms with Crippen molar-refractivity contribution >= 4 is 11.7 Å². The number of nitrogens with one attached hydrogen (secondary N) is 1. The molecule has 18 heavy (non-hydrogen) atoms. The van der Waals surface area contributed by atoms with E-state index in [9.17, 15) is 4.79 Å². The SMILES string of the molecule is Cc1ccc(C(N)=O)c(N2C[C@H]3CNC[C@H]3C2)n1. The largest absolute Gasteiger partial charge is 0.365 e. The fraction of sp³-hybridized carbons (Fsp3) is 0.538. The molecule has 5 heteroatoms. The summed E-state index contributed by atoms with van der Waals surface area (Å²) in [6, 6.07) is 3.62. The van der Waals surface area contributed by atoms with Crippen molar-refractivity contribution in [3.63, 3.8) is 0 Å². The number of aromatic nitrogens is 1. The molecule has 1 aromatic heterocycles. The van der Waals surface area contributed by atoms with Gasteiger partial charge >= 0.3 is 0 Å². The number of amides is 1. The van der Waals surface area contributed by atoms with Gasteiger partial charge in [0.15, 0.2) is 0 Å². The molecule has 0 spiro atoms. The second-order valence-electron chi connectivity index (χ2n) is 5.27. The summed E-state index contributed by atoms with van der Waals surface area (Å²) in [4.78, 5) is 18.2. The predicted octanol–water partition coefficient (Wildman–Crippen LogP) is 0.145. The Morgan fingerprint density at radius 2 is 2.06 bits per heavy atom. The molecule has 2 saturated heterocycles. The van der Waals surface area contributed by atoms with E-state index in [4.69, 9.17) is 5.73 Å². The molecule has 2 fully saturated rings. The fourth-order valence-electron chi connectivity index (χ4n) is 3.00. The molecular weight excluding hydrogens is 228 g/mol. The summed E-state index contributed by atoms with van der Waals surface area (Å²) in [7, 11) is 0. The van der Waals surface area contributed by atoms with Crippen LogP contribution >= 0.6 is 0 Å². The van der Waals surface area contributed by atoms with E-state index in [-0.39, 0.29) is 0 Å². The first-order valence-corrected chi connectivity index (χ1v) is 6.38. The summed E-state index contributed by atoms with van der Waals surface area (Å²) in [5.41, 5.74) is 6.89. The molecule has 3 heterocycles. The highest BCUT2D eigenvalue weighted by molar-refractivity contribution is 5.97. The van der Waals surface area contributed by atoms with Crippen LogP contribution in [-0.2, 0) is 0 Å². The summed E-state index contributed by atoms with van der Waals surface area (Å²) in [5, 5.41) is 3.41. The maximum Gasteiger partial charge on any atom is 0.252 e. The van der Waals surface area contributed by atoms with Crippen LogP contribution in [0.15, 0.2) is 12.1 Å². The van der Waals surface area contributed by atoms with Gasteiger partial charge in [0.05, 0.1) is 5.56 Å². The van der Waals surface area contributed by atoms with E-state index >= 15 is 0 Å². The average molecular weight is 246 g/mol. The highest BCUT2D eigenvalue weighted by Gasteiger charge is 2.37. The third-order valence-corrected chi connectivity index (χ3v) is 3.97. The number of primary amides is 1. The number of nitrogens with two attached hydrogens (primary N) is 1. The van der Waals surface area contributed by atoms with Gasteiger partial charge in [-0.3, -0.25) is 4.79 Å². The molecule has 0 saturated carbocycles. The van der Waals surface area contributed by atoms with E-state index in [1.54, 1.807) is 6.07 Å². The van der Waals surface area contributed by atoms with E-state index < -0.39 is 5.91 Å². The maximum atomic E-state index is 11.5. The van der Waals surface area contributed by atoms with Crippen molar-refractivity contribution in [1.29, 1.82) is 0 Å². The van der Waals surface area contributed by atoms with Gasteiger partial charge in [-0.2, -0.15) is 0 Å². The molecule has 3 N–H and O–H groups in total. The Bertz CT molecular complexity index is 476. The van der Waals surface area contributed by atoms with Crippen LogP contribution in [0.1, 0.15) is 16.1 Å². The number of carbonyl (C=O) groups is 1. The smallest absolute Gasteiger partial charge is 0.252 e. The Labute approximate surface area is 106 Å². The van der Waals surface area contributed by atoms with E-state index in [1.165, 1.54) is 0 Å². The van der Waals surface area contributed by atoms with Gasteiger partial charge in [0.25, 0.3) is 5.91 Å². The molecular formula is C13H18N4O. The van der Waals surface area contributed by atoms with Gasteiger partial charge in [0.1, 0.15) is 5.82 Å². The minimum atomic E-state index is -0.396. The van der Waals surface area contributed by atoms with Gasteiger partial charge in [-0.15, -0.1) is 0 Å². The van der Waals surface area contributed by atoms with Crippen molar-refractivity contribution in [2.45, 2.75) is 6.92 Å². The fourth-order valence-corrected chi connectivity index (χ4v) is 3.00. The number of anilines is 1. The standard InChI is InChI=1S/C13H18N4O/c1-8-2-3-11(12(14)18)13(16-8)17-6-9-4-15-5-10(9)7-17/h2-3,9-10,15H,4-7H2,1H3,(H2,14,18)/t9-,10+. The third kappa shape index (κ3) is 1.84. The van der Waals surface area contributed by atoms with Crippen molar-refractivity contribution in [3.05, 3.63) is 23.4 Å². The molecule has 2 atom stereocenters. The summed E-state index contributed by atoms with van der Waals surface area (Å²) in [5.74, 6) is 1.71. The zero-order valence-electron chi connectivity index (χ0n) is 10.5. The van der Waals surface area contributed by atoms with Crippen LogP contribution in [0, 0.1) is 18.8 Å². The minimum Gasteiger partial charge on any atom is -0.365 e. The third-order valence-electron chi connectivity index (χ3n) is 3.97. The molecule has 0 radical (unpaired) electrons. The molecule has 0 bridgehead atoms. The highest BCUT2D eigenvalue weighted by atomic mass is 16.1. The summed E-state index contributed by atoms with van der Waals surface area (Å²) in [6.07, 6.45) is 0. The zero-order valence-corrected chi connectivity index (χ0v) is 10.5. The average Bonchev–Trinajstić information content (AvgIpc) is 2.88. The number of hydrogen-bond acceptors (Lipinski definition) is 4. The Balaban J connectivity index is 1.92. The number of nitrogens with zero attached hydrogens (tertiary/aromatic N) is 2. The second-order valence-corrected chi connectivity index (χ2v) is 5.27. The molecule has 96 valence electrons. The lowest BCUT2D eigenvalue weighted by molar-refractivity contribution is 0.100. The van der Waals surface area contributed by atoms with E-state index in [1.807, 2.05) is 13.0 Å². The van der Waals surface area contributed by atoms with Crippen LogP contribution in [0.5, 0.6) is 0 Å². The summed E-state index contributed by atoms with van der Waals surface area (Å²) >= 11 is 0. The summed E-state index contributed by atoms with van der Waals surface area (Å²) in [6.45, 7) is 6.01. The molecule has 2 aliphatic rings. The van der Waals surface area contributed by atoms with Crippen LogP contribution in [-0.4, -0.2) is 37.1 Å². The first-order valence-electron chi connectivity index (χ1n) is 6.38. The second kappa shape index (κ2) is 4.24. The maximum absolute atomic E-state index is 11.5. The normalized spacial score (nSPS) is 26.4. The number of hydrogen-bond donors (Lipinski definition) is 2. The van der Waals surface area contributed by atoms with Crippen molar-refractivity contribution in [2.75, 3.05) is 31.1 Å². The number of pyridine rings is 1. The first-order chi connectivity index (χ1) is 8.65. The number of aryl methyl sites for hydroxylation is 1.